The highest BCUT2D eigenvalue weighted by molar-refractivity contribution is 6.00. The van der Waals surface area contributed by atoms with E-state index in [4.69, 9.17) is 5.11 Å². The number of rotatable bonds is 4. The number of aliphatic hydroxyl groups excluding tert-OH is 1. The van der Waals surface area contributed by atoms with Crippen LogP contribution in [0.4, 0.5) is 21.9 Å². The highest BCUT2D eigenvalue weighted by Gasteiger charge is 2.16. The van der Waals surface area contributed by atoms with Gasteiger partial charge in [-0.15, -0.1) is 0 Å². The lowest BCUT2D eigenvalue weighted by Crippen LogP contribution is -2.19. The summed E-state index contributed by atoms with van der Waals surface area (Å²) in [6.45, 7) is 1.42. The Balaban J connectivity index is 1.63. The third-order valence-electron chi connectivity index (χ3n) is 3.69. The first kappa shape index (κ1) is 14.4. The molecule has 0 unspecified atom stereocenters. The number of fused-ring (bicyclic) bond motifs is 1. The van der Waals surface area contributed by atoms with Gasteiger partial charge in [0.25, 0.3) is 0 Å². The Kier molecular flexibility index (Phi) is 3.97. The first-order valence-corrected chi connectivity index (χ1v) is 7.21. The van der Waals surface area contributed by atoms with Crippen LogP contribution >= 0.6 is 0 Å². The van der Waals surface area contributed by atoms with Crippen LogP contribution in [0.3, 0.4) is 0 Å². The topological polar surface area (TPSA) is 82.4 Å². The average Bonchev–Trinajstić information content (AvgIpc) is 3.07. The Labute approximate surface area is 128 Å². The Morgan fingerprint density at radius 1 is 1.36 bits per heavy atom. The molecule has 0 spiro atoms. The number of benzene rings is 1. The summed E-state index contributed by atoms with van der Waals surface area (Å²) in [4.78, 5) is 14.2. The van der Waals surface area contributed by atoms with Crippen LogP contribution in [0.5, 0.6) is 0 Å². The van der Waals surface area contributed by atoms with Crippen LogP contribution in [-0.2, 0) is 13.0 Å². The van der Waals surface area contributed by atoms with E-state index in [0.717, 1.165) is 24.3 Å². The monoisotopic (exact) mass is 301 g/mol. The Morgan fingerprint density at radius 2 is 2.18 bits per heavy atom. The van der Waals surface area contributed by atoms with Crippen molar-refractivity contribution in [1.29, 1.82) is 0 Å². The molecule has 2 aromatic rings. The largest absolute Gasteiger partial charge is 0.394 e. The number of hydrogen-bond donors (Lipinski definition) is 3. The van der Waals surface area contributed by atoms with E-state index in [1.54, 1.807) is 17.1 Å². The normalized spacial score (nSPS) is 13.1. The van der Waals surface area contributed by atoms with Crippen molar-refractivity contribution >= 4 is 23.1 Å². The predicted molar refractivity (Wildman–Crippen MR) is 85.4 cm³/mol. The highest BCUT2D eigenvalue weighted by atomic mass is 16.3. The van der Waals surface area contributed by atoms with Gasteiger partial charge < -0.3 is 20.6 Å². The number of aliphatic hydroxyl groups is 1. The van der Waals surface area contributed by atoms with Crippen molar-refractivity contribution in [3.63, 3.8) is 0 Å². The van der Waals surface area contributed by atoms with Crippen LogP contribution in [0.1, 0.15) is 5.56 Å². The number of hydrogen-bond acceptors (Lipinski definition) is 4. The number of nitrogens with zero attached hydrogens (tertiary/aromatic N) is 3. The van der Waals surface area contributed by atoms with Gasteiger partial charge in [0.15, 0.2) is 0 Å². The fourth-order valence-corrected chi connectivity index (χ4v) is 2.56. The van der Waals surface area contributed by atoms with Crippen molar-refractivity contribution in [3.8, 4) is 0 Å². The van der Waals surface area contributed by atoms with Crippen molar-refractivity contribution in [2.45, 2.75) is 13.0 Å². The number of carbonyl (C=O) groups is 1. The van der Waals surface area contributed by atoms with Crippen LogP contribution in [0.2, 0.25) is 0 Å². The molecule has 1 aromatic heterocycles. The molecule has 2 heterocycles. The molecule has 0 atom stereocenters. The first-order chi connectivity index (χ1) is 10.7. The van der Waals surface area contributed by atoms with E-state index >= 15 is 0 Å². The summed E-state index contributed by atoms with van der Waals surface area (Å²) >= 11 is 0. The van der Waals surface area contributed by atoms with Gasteiger partial charge in [-0.1, -0.05) is 6.07 Å². The number of urea groups is 1. The van der Waals surface area contributed by atoms with Crippen LogP contribution in [0.25, 0.3) is 0 Å². The lowest BCUT2D eigenvalue weighted by Gasteiger charge is -2.13. The van der Waals surface area contributed by atoms with E-state index in [2.05, 4.69) is 20.6 Å². The minimum atomic E-state index is -0.316. The molecule has 0 saturated heterocycles. The minimum absolute atomic E-state index is 0.00988. The van der Waals surface area contributed by atoms with Crippen LogP contribution in [0.15, 0.2) is 30.6 Å². The fourth-order valence-electron chi connectivity index (χ4n) is 2.56. The zero-order valence-electron chi connectivity index (χ0n) is 12.4. The number of amides is 2. The van der Waals surface area contributed by atoms with Gasteiger partial charge in [-0.3, -0.25) is 4.68 Å². The van der Waals surface area contributed by atoms with Gasteiger partial charge in [0.2, 0.25) is 0 Å². The molecule has 0 fully saturated rings. The lowest BCUT2D eigenvalue weighted by molar-refractivity contribution is 0.262. The van der Waals surface area contributed by atoms with Gasteiger partial charge in [-0.05, 0) is 24.1 Å². The number of anilines is 3. The Hall–Kier alpha value is -2.54. The van der Waals surface area contributed by atoms with Crippen LogP contribution < -0.4 is 15.5 Å². The molecule has 1 aliphatic heterocycles. The molecule has 1 aromatic carbocycles. The fraction of sp³-hybridized carbons (Fsp3) is 0.333. The third kappa shape index (κ3) is 3.04. The molecule has 0 radical (unpaired) electrons. The summed E-state index contributed by atoms with van der Waals surface area (Å²) in [5, 5.41) is 18.4. The lowest BCUT2D eigenvalue weighted by atomic mass is 10.1. The van der Waals surface area contributed by atoms with Crippen molar-refractivity contribution in [1.82, 2.24) is 9.78 Å². The summed E-state index contributed by atoms with van der Waals surface area (Å²) in [6.07, 6.45) is 4.26. The molecule has 0 bridgehead atoms. The van der Waals surface area contributed by atoms with E-state index in [1.807, 2.05) is 25.2 Å². The maximum Gasteiger partial charge on any atom is 0.323 e. The SMILES string of the molecule is CN1CCc2ccc(NC(=O)Nc3cnn(CCO)c3)cc21. The molecule has 7 heteroatoms. The summed E-state index contributed by atoms with van der Waals surface area (Å²) in [6, 6.07) is 5.63. The number of likely N-dealkylation sites (N-methyl/N-ethyl adjacent to an activating group) is 1. The number of carbonyl (C=O) groups excluding carboxylic acids is 1. The van der Waals surface area contributed by atoms with Crippen molar-refractivity contribution < 1.29 is 9.90 Å². The van der Waals surface area contributed by atoms with Gasteiger partial charge in [0.05, 0.1) is 25.0 Å². The smallest absolute Gasteiger partial charge is 0.323 e. The molecule has 116 valence electrons. The zero-order chi connectivity index (χ0) is 15.5. The van der Waals surface area contributed by atoms with Gasteiger partial charge in [-0.2, -0.15) is 5.10 Å². The minimum Gasteiger partial charge on any atom is -0.394 e. The first-order valence-electron chi connectivity index (χ1n) is 7.21. The molecular formula is C15H19N5O2. The molecule has 3 rings (SSSR count). The van der Waals surface area contributed by atoms with Crippen molar-refractivity contribution in [2.24, 2.45) is 0 Å². The summed E-state index contributed by atoms with van der Waals surface area (Å²) in [7, 11) is 2.05. The van der Waals surface area contributed by atoms with Gasteiger partial charge in [0, 0.05) is 31.2 Å². The molecule has 0 saturated carbocycles. The Bertz CT molecular complexity index is 682. The predicted octanol–water partition coefficient (Wildman–Crippen LogP) is 1.51. The molecule has 1 aliphatic rings. The van der Waals surface area contributed by atoms with E-state index in [1.165, 1.54) is 5.56 Å². The maximum atomic E-state index is 12.0. The van der Waals surface area contributed by atoms with Crippen LogP contribution in [0, 0.1) is 0 Å². The standard InChI is InChI=1S/C15H19N5O2/c1-19-5-4-11-2-3-12(8-14(11)19)17-15(22)18-13-9-16-20(10-13)6-7-21/h2-3,8-10,21H,4-7H2,1H3,(H2,17,18,22). The van der Waals surface area contributed by atoms with E-state index in [-0.39, 0.29) is 12.6 Å². The van der Waals surface area contributed by atoms with Crippen LogP contribution in [-0.4, -0.2) is 41.1 Å². The molecule has 3 N–H and O–H groups in total. The van der Waals surface area contributed by atoms with Gasteiger partial charge in [-0.25, -0.2) is 4.79 Å². The zero-order valence-corrected chi connectivity index (χ0v) is 12.4. The third-order valence-corrected chi connectivity index (χ3v) is 3.69. The summed E-state index contributed by atoms with van der Waals surface area (Å²) in [5.74, 6) is 0. The van der Waals surface area contributed by atoms with Gasteiger partial charge in [0.1, 0.15) is 0 Å². The second kappa shape index (κ2) is 6.07. The van der Waals surface area contributed by atoms with Crippen molar-refractivity contribution in [2.75, 3.05) is 35.7 Å². The summed E-state index contributed by atoms with van der Waals surface area (Å²) < 4.78 is 1.57. The van der Waals surface area contributed by atoms with Crippen molar-refractivity contribution in [3.05, 3.63) is 36.2 Å². The van der Waals surface area contributed by atoms with E-state index < -0.39 is 0 Å². The molecule has 0 aliphatic carbocycles. The molecule has 2 amide bonds. The maximum absolute atomic E-state index is 12.0. The van der Waals surface area contributed by atoms with E-state index in [9.17, 15) is 4.79 Å². The molecule has 7 nitrogen and oxygen atoms in total. The second-order valence-corrected chi connectivity index (χ2v) is 5.31. The average molecular weight is 301 g/mol. The van der Waals surface area contributed by atoms with E-state index in [0.29, 0.717) is 12.2 Å². The number of nitrogens with one attached hydrogen (secondary N) is 2. The van der Waals surface area contributed by atoms with Gasteiger partial charge >= 0.3 is 6.03 Å². The number of aromatic nitrogens is 2. The quantitative estimate of drug-likeness (QED) is 0.799. The second-order valence-electron chi connectivity index (χ2n) is 5.31. The summed E-state index contributed by atoms with van der Waals surface area (Å²) in [5.41, 5.74) is 3.81. The molecular weight excluding hydrogens is 282 g/mol. The molecule has 22 heavy (non-hydrogen) atoms. The Morgan fingerprint density at radius 3 is 3.00 bits per heavy atom. The highest BCUT2D eigenvalue weighted by Crippen LogP contribution is 2.29.